The van der Waals surface area contributed by atoms with Crippen molar-refractivity contribution >= 4 is 23.1 Å². The van der Waals surface area contributed by atoms with E-state index in [2.05, 4.69) is 9.97 Å². The quantitative estimate of drug-likeness (QED) is 0.375. The molecule has 3 N–H and O–H groups in total. The zero-order valence-corrected chi connectivity index (χ0v) is 9.61. The number of nitro groups is 1. The minimum Gasteiger partial charge on any atom is -0.393 e. The van der Waals surface area contributed by atoms with Crippen LogP contribution in [0.4, 0.5) is 11.4 Å². The lowest BCUT2D eigenvalue weighted by Gasteiger charge is -2.04. The predicted molar refractivity (Wildman–Crippen MR) is 65.7 cm³/mol. The Kier molecular flexibility index (Phi) is 3.29. The van der Waals surface area contributed by atoms with Gasteiger partial charge in [0, 0.05) is 24.2 Å². The average Bonchev–Trinajstić information content (AvgIpc) is 2.80. The molecule has 17 heavy (non-hydrogen) atoms. The van der Waals surface area contributed by atoms with Crippen LogP contribution in [0.3, 0.4) is 0 Å². The molecule has 0 aliphatic carbocycles. The number of aromatic amines is 1. The molecule has 0 fully saturated rings. The molecule has 0 unspecified atom stereocenters. The summed E-state index contributed by atoms with van der Waals surface area (Å²) in [6.07, 6.45) is 3.37. The first kappa shape index (κ1) is 11.5. The minimum atomic E-state index is -0.476. The standard InChI is InChI=1S/C10H10N4O2S/c11-9-7(2-1-3-8(9)14(15)16)6-17-10-12-4-5-13-10/h1-5H,6,11H2,(H,12,13). The highest BCUT2D eigenvalue weighted by Gasteiger charge is 2.14. The summed E-state index contributed by atoms with van der Waals surface area (Å²) in [6, 6.07) is 4.81. The van der Waals surface area contributed by atoms with Gasteiger partial charge in [0.25, 0.3) is 5.69 Å². The fraction of sp³-hybridized carbons (Fsp3) is 0.100. The number of thioether (sulfide) groups is 1. The molecule has 2 rings (SSSR count). The Morgan fingerprint density at radius 2 is 2.35 bits per heavy atom. The lowest BCUT2D eigenvalue weighted by Crippen LogP contribution is -1.99. The maximum absolute atomic E-state index is 10.7. The van der Waals surface area contributed by atoms with Gasteiger partial charge in [-0.3, -0.25) is 10.1 Å². The molecule has 1 aromatic heterocycles. The zero-order chi connectivity index (χ0) is 12.3. The highest BCUT2D eigenvalue weighted by molar-refractivity contribution is 7.98. The number of rotatable bonds is 4. The van der Waals surface area contributed by atoms with E-state index in [0.717, 1.165) is 10.7 Å². The van der Waals surface area contributed by atoms with Gasteiger partial charge in [0.05, 0.1) is 4.92 Å². The van der Waals surface area contributed by atoms with Crippen LogP contribution in [0.1, 0.15) is 5.56 Å². The monoisotopic (exact) mass is 250 g/mol. The first-order chi connectivity index (χ1) is 8.18. The van der Waals surface area contributed by atoms with Crippen molar-refractivity contribution in [3.8, 4) is 0 Å². The van der Waals surface area contributed by atoms with Crippen LogP contribution in [-0.4, -0.2) is 14.9 Å². The van der Waals surface area contributed by atoms with Gasteiger partial charge in [-0.1, -0.05) is 23.9 Å². The number of nitrogens with one attached hydrogen (secondary N) is 1. The Morgan fingerprint density at radius 3 is 3.00 bits per heavy atom. The van der Waals surface area contributed by atoms with Gasteiger partial charge >= 0.3 is 0 Å². The highest BCUT2D eigenvalue weighted by Crippen LogP contribution is 2.29. The Balaban J connectivity index is 2.16. The van der Waals surface area contributed by atoms with Gasteiger partial charge in [-0.2, -0.15) is 0 Å². The summed E-state index contributed by atoms with van der Waals surface area (Å²) in [5.74, 6) is 0.543. The summed E-state index contributed by atoms with van der Waals surface area (Å²) in [6.45, 7) is 0. The topological polar surface area (TPSA) is 97.8 Å². The normalized spacial score (nSPS) is 10.4. The van der Waals surface area contributed by atoms with Crippen molar-refractivity contribution in [2.24, 2.45) is 0 Å². The number of nitrogen functional groups attached to an aromatic ring is 1. The van der Waals surface area contributed by atoms with Crippen molar-refractivity contribution in [3.05, 3.63) is 46.3 Å². The van der Waals surface area contributed by atoms with Crippen LogP contribution in [0.15, 0.2) is 35.7 Å². The largest absolute Gasteiger partial charge is 0.393 e. The van der Waals surface area contributed by atoms with Crippen LogP contribution < -0.4 is 5.73 Å². The van der Waals surface area contributed by atoms with Crippen molar-refractivity contribution in [2.45, 2.75) is 10.9 Å². The fourth-order valence-electron chi connectivity index (χ4n) is 1.36. The minimum absolute atomic E-state index is 0.0532. The number of aromatic nitrogens is 2. The molecule has 6 nitrogen and oxygen atoms in total. The molecular formula is C10H10N4O2S. The van der Waals surface area contributed by atoms with Crippen molar-refractivity contribution < 1.29 is 4.92 Å². The van der Waals surface area contributed by atoms with E-state index >= 15 is 0 Å². The van der Waals surface area contributed by atoms with Crippen LogP contribution >= 0.6 is 11.8 Å². The van der Waals surface area contributed by atoms with E-state index < -0.39 is 4.92 Å². The van der Waals surface area contributed by atoms with E-state index in [-0.39, 0.29) is 11.4 Å². The lowest BCUT2D eigenvalue weighted by atomic mass is 10.2. The molecule has 0 bridgehead atoms. The second-order valence-corrected chi connectivity index (χ2v) is 4.25. The van der Waals surface area contributed by atoms with E-state index in [1.807, 2.05) is 0 Å². The predicted octanol–water partition coefficient (Wildman–Crippen LogP) is 2.19. The van der Waals surface area contributed by atoms with Crippen LogP contribution in [0, 0.1) is 10.1 Å². The SMILES string of the molecule is Nc1c(CSc2ncc[nH]2)cccc1[N+](=O)[O-]. The van der Waals surface area contributed by atoms with E-state index in [9.17, 15) is 10.1 Å². The van der Waals surface area contributed by atoms with Gasteiger partial charge in [0.15, 0.2) is 5.16 Å². The van der Waals surface area contributed by atoms with Crippen LogP contribution in [0.25, 0.3) is 0 Å². The summed E-state index contributed by atoms with van der Waals surface area (Å²) in [4.78, 5) is 17.2. The van der Waals surface area contributed by atoms with E-state index in [4.69, 9.17) is 5.73 Å². The number of imidazole rings is 1. The molecular weight excluding hydrogens is 240 g/mol. The summed E-state index contributed by atoms with van der Waals surface area (Å²) in [5.41, 5.74) is 6.64. The third-order valence-corrected chi connectivity index (χ3v) is 3.16. The summed E-state index contributed by atoms with van der Waals surface area (Å²) < 4.78 is 0. The molecule has 0 aliphatic rings. The van der Waals surface area contributed by atoms with Crippen molar-refractivity contribution in [2.75, 3.05) is 5.73 Å². The Morgan fingerprint density at radius 1 is 1.53 bits per heavy atom. The van der Waals surface area contributed by atoms with Gasteiger partial charge in [-0.05, 0) is 5.56 Å². The fourth-order valence-corrected chi connectivity index (χ4v) is 2.19. The average molecular weight is 250 g/mol. The third kappa shape index (κ3) is 2.56. The molecule has 88 valence electrons. The molecule has 0 saturated heterocycles. The summed E-state index contributed by atoms with van der Waals surface area (Å²) >= 11 is 1.45. The van der Waals surface area contributed by atoms with Crippen LogP contribution in [0.5, 0.6) is 0 Å². The van der Waals surface area contributed by atoms with Gasteiger partial charge in [0.2, 0.25) is 0 Å². The number of para-hydroxylation sites is 1. The second-order valence-electron chi connectivity index (χ2n) is 3.29. The summed E-state index contributed by atoms with van der Waals surface area (Å²) in [5, 5.41) is 11.5. The molecule has 0 aliphatic heterocycles. The van der Waals surface area contributed by atoms with Gasteiger partial charge in [0.1, 0.15) is 5.69 Å². The van der Waals surface area contributed by atoms with Crippen molar-refractivity contribution in [1.29, 1.82) is 0 Å². The molecule has 0 saturated carbocycles. The molecule has 1 heterocycles. The number of nitro benzene ring substituents is 1. The molecule has 0 atom stereocenters. The first-order valence-electron chi connectivity index (χ1n) is 4.82. The van der Waals surface area contributed by atoms with Crippen molar-refractivity contribution in [1.82, 2.24) is 9.97 Å². The van der Waals surface area contributed by atoms with Crippen LogP contribution in [0.2, 0.25) is 0 Å². The molecule has 0 radical (unpaired) electrons. The van der Waals surface area contributed by atoms with Gasteiger partial charge in [-0.25, -0.2) is 4.98 Å². The third-order valence-electron chi connectivity index (χ3n) is 2.21. The molecule has 7 heteroatoms. The Labute approximate surface area is 101 Å². The first-order valence-corrected chi connectivity index (χ1v) is 5.81. The number of nitrogens with zero attached hydrogens (tertiary/aromatic N) is 2. The van der Waals surface area contributed by atoms with E-state index in [0.29, 0.717) is 5.75 Å². The Bertz CT molecular complexity index is 527. The number of anilines is 1. The summed E-state index contributed by atoms with van der Waals surface area (Å²) in [7, 11) is 0. The number of nitrogens with two attached hydrogens (primary N) is 1. The van der Waals surface area contributed by atoms with E-state index in [1.165, 1.54) is 17.8 Å². The number of hydrogen-bond acceptors (Lipinski definition) is 5. The van der Waals surface area contributed by atoms with Crippen molar-refractivity contribution in [3.63, 3.8) is 0 Å². The molecule has 0 spiro atoms. The van der Waals surface area contributed by atoms with Gasteiger partial charge < -0.3 is 10.7 Å². The van der Waals surface area contributed by atoms with E-state index in [1.54, 1.807) is 24.5 Å². The lowest BCUT2D eigenvalue weighted by molar-refractivity contribution is -0.383. The molecule has 0 amide bonds. The highest BCUT2D eigenvalue weighted by atomic mass is 32.2. The number of H-pyrrole nitrogens is 1. The molecule has 2 aromatic rings. The maximum atomic E-state index is 10.7. The maximum Gasteiger partial charge on any atom is 0.292 e. The smallest absolute Gasteiger partial charge is 0.292 e. The Hall–Kier alpha value is -2.02. The second kappa shape index (κ2) is 4.88. The number of benzene rings is 1. The number of hydrogen-bond donors (Lipinski definition) is 2. The zero-order valence-electron chi connectivity index (χ0n) is 8.79. The van der Waals surface area contributed by atoms with Crippen LogP contribution in [-0.2, 0) is 5.75 Å². The van der Waals surface area contributed by atoms with Gasteiger partial charge in [-0.15, -0.1) is 0 Å². The molecule has 1 aromatic carbocycles.